The number of hydrogen-bond donors (Lipinski definition) is 0. The molecule has 6 atom stereocenters. The zero-order valence-corrected chi connectivity index (χ0v) is 29.5. The van der Waals surface area contributed by atoms with Crippen LogP contribution in [-0.4, -0.2) is 35.1 Å². The van der Waals surface area contributed by atoms with Crippen LogP contribution in [0.2, 0.25) is 36.3 Å². The lowest BCUT2D eigenvalue weighted by molar-refractivity contribution is -0.113. The molecule has 3 aliphatic carbocycles. The van der Waals surface area contributed by atoms with Crippen molar-refractivity contribution in [2.45, 2.75) is 149 Å². The highest BCUT2D eigenvalue weighted by atomic mass is 28.4. The standard InChI is InChI=1S/C34H60O3Si2/c1-24(23-35)29-18-19-30-26(15-14-20-34(29,30)9)16-17-27-21-28(36-38(10,11)32(3,4)5)22-31(25(27)2)37-39(12,13)33(6,7)8/h16-17,23-24,28-31H,2,14-15,18-22H2,1,3-13H3/t24-,28?,29?,30?,31?,34-/m1/s1. The van der Waals surface area contributed by atoms with E-state index in [0.717, 1.165) is 18.4 Å². The van der Waals surface area contributed by atoms with Crippen molar-refractivity contribution < 1.29 is 13.6 Å². The van der Waals surface area contributed by atoms with Crippen LogP contribution in [0.5, 0.6) is 0 Å². The van der Waals surface area contributed by atoms with Crippen LogP contribution in [0.4, 0.5) is 0 Å². The number of hydrogen-bond acceptors (Lipinski definition) is 3. The topological polar surface area (TPSA) is 35.5 Å². The molecule has 0 aromatic carbocycles. The Hall–Kier alpha value is -0.756. The summed E-state index contributed by atoms with van der Waals surface area (Å²) in [5, 5.41) is 0.323. The summed E-state index contributed by atoms with van der Waals surface area (Å²) in [7, 11) is -3.89. The molecule has 0 radical (unpaired) electrons. The first kappa shape index (κ1) is 32.8. The first-order valence-corrected chi connectivity index (χ1v) is 21.4. The summed E-state index contributed by atoms with van der Waals surface area (Å²) in [6.45, 7) is 32.6. The third-order valence-corrected chi connectivity index (χ3v) is 20.6. The van der Waals surface area contributed by atoms with E-state index in [-0.39, 0.29) is 33.6 Å². The Morgan fingerprint density at radius 2 is 1.56 bits per heavy atom. The molecule has 4 unspecified atom stereocenters. The average Bonchev–Trinajstić information content (AvgIpc) is 3.15. The van der Waals surface area contributed by atoms with Gasteiger partial charge in [0.05, 0.1) is 12.2 Å². The molecule has 0 amide bonds. The van der Waals surface area contributed by atoms with Gasteiger partial charge in [-0.15, -0.1) is 0 Å². The fourth-order valence-electron chi connectivity index (χ4n) is 7.00. The second-order valence-electron chi connectivity index (χ2n) is 16.4. The number of carbonyl (C=O) groups is 1. The number of rotatable bonds is 7. The monoisotopic (exact) mass is 572 g/mol. The van der Waals surface area contributed by atoms with E-state index in [1.54, 1.807) is 5.57 Å². The third-order valence-electron chi connectivity index (χ3n) is 11.6. The lowest BCUT2D eigenvalue weighted by Gasteiger charge is -2.45. The summed E-state index contributed by atoms with van der Waals surface area (Å²) < 4.78 is 14.0. The third kappa shape index (κ3) is 6.84. The summed E-state index contributed by atoms with van der Waals surface area (Å²) in [5.74, 6) is 1.24. The minimum Gasteiger partial charge on any atom is -0.413 e. The second-order valence-corrected chi connectivity index (χ2v) is 25.9. The normalized spacial score (nSPS) is 33.9. The molecule has 0 bridgehead atoms. The van der Waals surface area contributed by atoms with Crippen molar-refractivity contribution in [2.75, 3.05) is 0 Å². The first-order valence-electron chi connectivity index (χ1n) is 15.6. The van der Waals surface area contributed by atoms with Crippen LogP contribution in [0.1, 0.15) is 100 Å². The Kier molecular flexibility index (Phi) is 9.65. The SMILES string of the molecule is C=C1C(=CC=C2CCC[C@@]3(C)C2CCC3[C@H](C)C=O)CC(O[Si](C)(C)C(C)(C)C)CC1O[Si](C)(C)C(C)(C)C. The van der Waals surface area contributed by atoms with Crippen molar-refractivity contribution >= 4 is 22.9 Å². The van der Waals surface area contributed by atoms with E-state index in [0.29, 0.717) is 11.8 Å². The summed E-state index contributed by atoms with van der Waals surface area (Å²) in [6.07, 6.45) is 14.0. The van der Waals surface area contributed by atoms with Crippen LogP contribution in [0, 0.1) is 23.2 Å². The van der Waals surface area contributed by atoms with Crippen molar-refractivity contribution in [3.63, 3.8) is 0 Å². The minimum atomic E-state index is -1.97. The van der Waals surface area contributed by atoms with Gasteiger partial charge in [-0.1, -0.05) is 79.7 Å². The van der Waals surface area contributed by atoms with Crippen molar-refractivity contribution in [2.24, 2.45) is 23.2 Å². The van der Waals surface area contributed by atoms with E-state index in [4.69, 9.17) is 8.85 Å². The fraction of sp³-hybridized carbons (Fsp3) is 0.794. The molecule has 0 spiro atoms. The molecule has 39 heavy (non-hydrogen) atoms. The van der Waals surface area contributed by atoms with E-state index < -0.39 is 16.6 Å². The van der Waals surface area contributed by atoms with Crippen molar-refractivity contribution in [1.82, 2.24) is 0 Å². The van der Waals surface area contributed by atoms with Crippen LogP contribution in [-0.2, 0) is 13.6 Å². The van der Waals surface area contributed by atoms with E-state index in [9.17, 15) is 4.79 Å². The van der Waals surface area contributed by atoms with Gasteiger partial charge in [0.2, 0.25) is 0 Å². The van der Waals surface area contributed by atoms with Crippen LogP contribution in [0.15, 0.2) is 35.5 Å². The molecule has 3 fully saturated rings. The number of allylic oxidation sites excluding steroid dienone is 3. The van der Waals surface area contributed by atoms with Crippen molar-refractivity contribution in [3.05, 3.63) is 35.5 Å². The van der Waals surface area contributed by atoms with Gasteiger partial charge in [0.25, 0.3) is 0 Å². The Labute approximate surface area is 243 Å². The maximum atomic E-state index is 11.7. The van der Waals surface area contributed by atoms with E-state index in [1.165, 1.54) is 44.0 Å². The molecule has 0 aromatic heterocycles. The van der Waals surface area contributed by atoms with Gasteiger partial charge in [0.15, 0.2) is 16.6 Å². The molecule has 3 aliphatic rings. The smallest absolute Gasteiger partial charge is 0.192 e. The molecule has 0 aliphatic heterocycles. The molecule has 0 aromatic rings. The Morgan fingerprint density at radius 1 is 0.974 bits per heavy atom. The van der Waals surface area contributed by atoms with E-state index in [1.807, 2.05) is 0 Å². The van der Waals surface area contributed by atoms with Crippen LogP contribution >= 0.6 is 0 Å². The maximum absolute atomic E-state index is 11.7. The largest absolute Gasteiger partial charge is 0.413 e. The lowest BCUT2D eigenvalue weighted by atomic mass is 9.61. The van der Waals surface area contributed by atoms with Crippen molar-refractivity contribution in [3.8, 4) is 0 Å². The maximum Gasteiger partial charge on any atom is 0.192 e. The van der Waals surface area contributed by atoms with Gasteiger partial charge in [-0.3, -0.25) is 0 Å². The zero-order valence-electron chi connectivity index (χ0n) is 27.5. The summed E-state index contributed by atoms with van der Waals surface area (Å²) >= 11 is 0. The molecule has 0 heterocycles. The van der Waals surface area contributed by atoms with E-state index in [2.05, 4.69) is 100 Å². The van der Waals surface area contributed by atoms with E-state index >= 15 is 0 Å². The minimum absolute atomic E-state index is 0.0139. The predicted molar refractivity (Wildman–Crippen MR) is 172 cm³/mol. The van der Waals surface area contributed by atoms with Gasteiger partial charge in [0.1, 0.15) is 6.29 Å². The molecule has 222 valence electrons. The Morgan fingerprint density at radius 3 is 2.13 bits per heavy atom. The molecule has 5 heteroatoms. The Bertz CT molecular complexity index is 977. The molecule has 3 saturated carbocycles. The molecular formula is C34H60O3Si2. The fourth-order valence-corrected chi connectivity index (χ4v) is 9.67. The van der Waals surface area contributed by atoms with Crippen LogP contribution < -0.4 is 0 Å². The molecular weight excluding hydrogens is 513 g/mol. The zero-order chi connectivity index (χ0) is 29.6. The van der Waals surface area contributed by atoms with Gasteiger partial charge < -0.3 is 13.6 Å². The average molecular weight is 573 g/mol. The quantitative estimate of drug-likeness (QED) is 0.225. The summed E-state index contributed by atoms with van der Waals surface area (Å²) in [4.78, 5) is 11.7. The predicted octanol–water partition coefficient (Wildman–Crippen LogP) is 10.0. The molecule has 0 N–H and O–H groups in total. The lowest BCUT2D eigenvalue weighted by Crippen LogP contribution is -2.49. The first-order chi connectivity index (χ1) is 17.7. The highest BCUT2D eigenvalue weighted by molar-refractivity contribution is 6.74. The van der Waals surface area contributed by atoms with Crippen LogP contribution in [0.3, 0.4) is 0 Å². The molecule has 3 nitrogen and oxygen atoms in total. The van der Waals surface area contributed by atoms with Gasteiger partial charge in [-0.05, 0) is 103 Å². The highest BCUT2D eigenvalue weighted by Gasteiger charge is 2.51. The molecule has 0 saturated heterocycles. The summed E-state index contributed by atoms with van der Waals surface area (Å²) in [6, 6.07) is 0. The summed E-state index contributed by atoms with van der Waals surface area (Å²) in [5.41, 5.74) is 4.29. The van der Waals surface area contributed by atoms with Crippen LogP contribution in [0.25, 0.3) is 0 Å². The van der Waals surface area contributed by atoms with Crippen molar-refractivity contribution in [1.29, 1.82) is 0 Å². The van der Waals surface area contributed by atoms with Gasteiger partial charge in [-0.25, -0.2) is 0 Å². The second kappa shape index (κ2) is 11.5. The number of carbonyl (C=O) groups excluding carboxylic acids is 1. The Balaban J connectivity index is 1.93. The number of aldehydes is 1. The number of fused-ring (bicyclic) bond motifs is 1. The van der Waals surface area contributed by atoms with Gasteiger partial charge in [-0.2, -0.15) is 0 Å². The van der Waals surface area contributed by atoms with Gasteiger partial charge in [0, 0.05) is 12.3 Å². The van der Waals surface area contributed by atoms with Gasteiger partial charge >= 0.3 is 0 Å². The highest BCUT2D eigenvalue weighted by Crippen LogP contribution is 2.59. The molecule has 3 rings (SSSR count).